The van der Waals surface area contributed by atoms with Gasteiger partial charge < -0.3 is 15.2 Å². The van der Waals surface area contributed by atoms with Crippen LogP contribution in [0.5, 0.6) is 5.75 Å². The van der Waals surface area contributed by atoms with Crippen molar-refractivity contribution in [2.24, 2.45) is 5.73 Å². The minimum Gasteiger partial charge on any atom is -0.490 e. The van der Waals surface area contributed by atoms with E-state index in [2.05, 4.69) is 18.2 Å². The van der Waals surface area contributed by atoms with Gasteiger partial charge in [0.2, 0.25) is 0 Å². The van der Waals surface area contributed by atoms with Gasteiger partial charge in [-0.3, -0.25) is 5.41 Å². The fourth-order valence-electron chi connectivity index (χ4n) is 2.54. The van der Waals surface area contributed by atoms with Crippen molar-refractivity contribution < 1.29 is 9.47 Å². The Balaban J connectivity index is 1.71. The Morgan fingerprint density at radius 3 is 2.95 bits per heavy atom. The van der Waals surface area contributed by atoms with Crippen molar-refractivity contribution in [2.75, 3.05) is 13.2 Å². The monoisotopic (exact) mass is 282 g/mol. The second-order valence-corrected chi connectivity index (χ2v) is 5.06. The molecule has 0 aromatic heterocycles. The van der Waals surface area contributed by atoms with Gasteiger partial charge in [-0.1, -0.05) is 36.4 Å². The highest BCUT2D eigenvalue weighted by atomic mass is 16.5. The minimum atomic E-state index is -0.0454. The Bertz CT molecular complexity index is 655. The molecule has 0 radical (unpaired) electrons. The maximum Gasteiger partial charge on any atom is 0.122 e. The van der Waals surface area contributed by atoms with E-state index in [-0.39, 0.29) is 11.9 Å². The third-order valence-corrected chi connectivity index (χ3v) is 3.64. The van der Waals surface area contributed by atoms with Crippen molar-refractivity contribution in [3.05, 3.63) is 65.2 Å². The molecule has 0 fully saturated rings. The highest BCUT2D eigenvalue weighted by molar-refractivity contribution is 5.95. The van der Waals surface area contributed by atoms with Crippen LogP contribution >= 0.6 is 0 Å². The summed E-state index contributed by atoms with van der Waals surface area (Å²) in [4.78, 5) is 0. The molecule has 4 heteroatoms. The molecule has 0 amide bonds. The largest absolute Gasteiger partial charge is 0.490 e. The van der Waals surface area contributed by atoms with Gasteiger partial charge in [0.15, 0.2) is 0 Å². The summed E-state index contributed by atoms with van der Waals surface area (Å²) in [5.41, 5.74) is 8.68. The Kier molecular flexibility index (Phi) is 3.88. The first-order chi connectivity index (χ1) is 10.2. The second-order valence-electron chi connectivity index (χ2n) is 5.06. The summed E-state index contributed by atoms with van der Waals surface area (Å²) < 4.78 is 11.6. The number of amidine groups is 1. The normalized spacial score (nSPS) is 17.0. The first-order valence-corrected chi connectivity index (χ1v) is 7.01. The fraction of sp³-hybridized carbons (Fsp3) is 0.235. The number of rotatable bonds is 4. The third-order valence-electron chi connectivity index (χ3n) is 3.64. The van der Waals surface area contributed by atoms with Crippen LogP contribution in [0.4, 0.5) is 0 Å². The summed E-state index contributed by atoms with van der Waals surface area (Å²) in [5.74, 6) is 0.745. The molecule has 1 aliphatic heterocycles. The summed E-state index contributed by atoms with van der Waals surface area (Å²) >= 11 is 0. The van der Waals surface area contributed by atoms with Crippen LogP contribution in [-0.2, 0) is 11.2 Å². The molecule has 1 aliphatic rings. The molecule has 2 aromatic carbocycles. The molecule has 108 valence electrons. The van der Waals surface area contributed by atoms with E-state index in [1.807, 2.05) is 18.2 Å². The van der Waals surface area contributed by atoms with Crippen molar-refractivity contribution in [1.29, 1.82) is 5.41 Å². The quantitative estimate of drug-likeness (QED) is 0.669. The Morgan fingerprint density at radius 1 is 1.24 bits per heavy atom. The van der Waals surface area contributed by atoms with Gasteiger partial charge in [0.05, 0.1) is 6.61 Å². The van der Waals surface area contributed by atoms with Crippen molar-refractivity contribution >= 4 is 5.84 Å². The van der Waals surface area contributed by atoms with Crippen LogP contribution in [0.3, 0.4) is 0 Å². The smallest absolute Gasteiger partial charge is 0.122 e. The fourth-order valence-corrected chi connectivity index (χ4v) is 2.54. The molecule has 1 atom stereocenters. The molecule has 0 saturated carbocycles. The number of ether oxygens (including phenoxy) is 2. The molecule has 1 heterocycles. The third kappa shape index (κ3) is 3.06. The molecule has 0 spiro atoms. The van der Waals surface area contributed by atoms with Crippen molar-refractivity contribution in [3.63, 3.8) is 0 Å². The predicted octanol–water partition coefficient (Wildman–Crippen LogP) is 2.66. The molecule has 2 aromatic rings. The number of nitrogens with two attached hydrogens (primary N) is 1. The summed E-state index contributed by atoms with van der Waals surface area (Å²) in [6.07, 6.45) is 0.905. The summed E-state index contributed by atoms with van der Waals surface area (Å²) in [7, 11) is 0. The van der Waals surface area contributed by atoms with Crippen LogP contribution in [0.1, 0.15) is 22.8 Å². The predicted molar refractivity (Wildman–Crippen MR) is 81.8 cm³/mol. The van der Waals surface area contributed by atoms with Crippen molar-refractivity contribution in [3.8, 4) is 5.75 Å². The Hall–Kier alpha value is -2.33. The second kappa shape index (κ2) is 5.97. The van der Waals surface area contributed by atoms with Crippen LogP contribution in [-0.4, -0.2) is 19.0 Å². The molecule has 0 saturated heterocycles. The number of benzene rings is 2. The zero-order valence-corrected chi connectivity index (χ0v) is 11.7. The Morgan fingerprint density at radius 2 is 2.10 bits per heavy atom. The number of nitrogen functional groups attached to an aromatic ring is 1. The molecule has 3 N–H and O–H groups in total. The number of fused-ring (bicyclic) bond motifs is 1. The molecule has 0 aliphatic carbocycles. The maximum atomic E-state index is 7.45. The highest BCUT2D eigenvalue weighted by Gasteiger charge is 2.20. The maximum absolute atomic E-state index is 7.45. The lowest BCUT2D eigenvalue weighted by Crippen LogP contribution is -2.21. The van der Waals surface area contributed by atoms with Crippen LogP contribution < -0.4 is 10.5 Å². The van der Waals surface area contributed by atoms with Gasteiger partial charge in [0.25, 0.3) is 0 Å². The van der Waals surface area contributed by atoms with Crippen LogP contribution in [0, 0.1) is 5.41 Å². The van der Waals surface area contributed by atoms with Crippen LogP contribution in [0.15, 0.2) is 48.5 Å². The summed E-state index contributed by atoms with van der Waals surface area (Å²) in [5, 5.41) is 7.45. The van der Waals surface area contributed by atoms with Gasteiger partial charge in [-0.05, 0) is 29.7 Å². The standard InChI is InChI=1S/C17H18N2O2/c18-17(19)13-5-3-6-14(10-13)21-11-16-15-7-2-1-4-12(15)8-9-20-16/h1-7,10,16H,8-9,11H2,(H3,18,19). The van der Waals surface area contributed by atoms with Crippen LogP contribution in [0.25, 0.3) is 0 Å². The minimum absolute atomic E-state index is 0.0414. The summed E-state index contributed by atoms with van der Waals surface area (Å²) in [6, 6.07) is 15.6. The summed E-state index contributed by atoms with van der Waals surface area (Å²) in [6.45, 7) is 1.18. The van der Waals surface area contributed by atoms with Crippen LogP contribution in [0.2, 0.25) is 0 Å². The number of hydrogen-bond acceptors (Lipinski definition) is 3. The lowest BCUT2D eigenvalue weighted by atomic mass is 9.98. The lowest BCUT2D eigenvalue weighted by Gasteiger charge is -2.26. The van der Waals surface area contributed by atoms with Crippen molar-refractivity contribution in [1.82, 2.24) is 0 Å². The SMILES string of the molecule is N=C(N)c1cccc(OCC2OCCc3ccccc32)c1. The van der Waals surface area contributed by atoms with E-state index >= 15 is 0 Å². The van der Waals surface area contributed by atoms with Gasteiger partial charge in [-0.25, -0.2) is 0 Å². The molecule has 4 nitrogen and oxygen atoms in total. The average Bonchev–Trinajstić information content (AvgIpc) is 2.53. The zero-order chi connectivity index (χ0) is 14.7. The first kappa shape index (κ1) is 13.6. The van der Waals surface area contributed by atoms with E-state index in [9.17, 15) is 0 Å². The van der Waals surface area contributed by atoms with E-state index in [4.69, 9.17) is 20.6 Å². The molecule has 0 bridgehead atoms. The topological polar surface area (TPSA) is 68.3 Å². The zero-order valence-electron chi connectivity index (χ0n) is 11.7. The van der Waals surface area contributed by atoms with Gasteiger partial charge >= 0.3 is 0 Å². The van der Waals surface area contributed by atoms with E-state index in [1.165, 1.54) is 11.1 Å². The molecular formula is C17H18N2O2. The molecule has 1 unspecified atom stereocenters. The van der Waals surface area contributed by atoms with E-state index in [1.54, 1.807) is 12.1 Å². The molecule has 3 rings (SSSR count). The molecular weight excluding hydrogens is 264 g/mol. The number of nitrogens with one attached hydrogen (secondary N) is 1. The van der Waals surface area contributed by atoms with E-state index < -0.39 is 0 Å². The van der Waals surface area contributed by atoms with E-state index in [0.29, 0.717) is 17.9 Å². The van der Waals surface area contributed by atoms with Gasteiger partial charge in [0, 0.05) is 5.56 Å². The Labute approximate surface area is 124 Å². The lowest BCUT2D eigenvalue weighted by molar-refractivity contribution is 0.0102. The average molecular weight is 282 g/mol. The van der Waals surface area contributed by atoms with Gasteiger partial charge in [-0.15, -0.1) is 0 Å². The van der Waals surface area contributed by atoms with Gasteiger partial charge in [-0.2, -0.15) is 0 Å². The highest BCUT2D eigenvalue weighted by Crippen LogP contribution is 2.27. The van der Waals surface area contributed by atoms with Gasteiger partial charge in [0.1, 0.15) is 24.3 Å². The molecule has 21 heavy (non-hydrogen) atoms. The van der Waals surface area contributed by atoms with Crippen molar-refractivity contribution in [2.45, 2.75) is 12.5 Å². The first-order valence-electron chi connectivity index (χ1n) is 7.01. The number of hydrogen-bond donors (Lipinski definition) is 2. The van der Waals surface area contributed by atoms with E-state index in [0.717, 1.165) is 13.0 Å².